The van der Waals surface area contributed by atoms with Crippen LogP contribution in [0.2, 0.25) is 0 Å². The normalized spacial score (nSPS) is 29.9. The Kier molecular flexibility index (Phi) is 4.67. The monoisotopic (exact) mass is 485 g/mol. The minimum Gasteiger partial charge on any atom is -0.491 e. The van der Waals surface area contributed by atoms with Gasteiger partial charge in [0.05, 0.1) is 19.8 Å². The SMILES string of the molecule is COc1c2n(cc(C(=O)NCc3c(F)cc(C)cc3F)c1=O)CC1OC3C[C@@](C)([C@H]4C[C@@H]34)N1C2=O. The number of aryl methyl sites for hydroxylation is 1. The van der Waals surface area contributed by atoms with E-state index in [4.69, 9.17) is 9.47 Å². The van der Waals surface area contributed by atoms with E-state index in [1.54, 1.807) is 11.8 Å². The summed E-state index contributed by atoms with van der Waals surface area (Å²) in [6.07, 6.45) is 2.69. The standard InChI is InChI=1S/C25H25F2N3O5/c1-11-4-16(26)13(17(27)5-11)8-28-23(32)14-9-29-10-19-30(24(33)20(29)22(34-3)21(14)31)25(2)7-18(35-19)12-6-15(12)25/h4-5,9,12,15,18-19H,6-8,10H2,1-3H3,(H,28,32)/t12-,15+,18?,19?,25+/m1/s1. The van der Waals surface area contributed by atoms with Gasteiger partial charge in [0.1, 0.15) is 17.2 Å². The lowest BCUT2D eigenvalue weighted by molar-refractivity contribution is -0.167. The van der Waals surface area contributed by atoms with E-state index < -0.39 is 35.7 Å². The fourth-order valence-corrected chi connectivity index (χ4v) is 6.35. The van der Waals surface area contributed by atoms with Crippen molar-refractivity contribution in [3.63, 3.8) is 0 Å². The molecule has 4 aliphatic rings. The van der Waals surface area contributed by atoms with Crippen LogP contribution in [0.1, 0.15) is 51.7 Å². The van der Waals surface area contributed by atoms with Crippen LogP contribution in [0.5, 0.6) is 5.75 Å². The summed E-state index contributed by atoms with van der Waals surface area (Å²) in [6, 6.07) is 2.33. The predicted molar refractivity (Wildman–Crippen MR) is 119 cm³/mol. The van der Waals surface area contributed by atoms with Crippen molar-refractivity contribution in [1.82, 2.24) is 14.8 Å². The van der Waals surface area contributed by atoms with Gasteiger partial charge < -0.3 is 24.3 Å². The van der Waals surface area contributed by atoms with E-state index in [0.29, 0.717) is 17.4 Å². The van der Waals surface area contributed by atoms with Gasteiger partial charge in [0, 0.05) is 23.8 Å². The van der Waals surface area contributed by atoms with Crippen LogP contribution < -0.4 is 15.5 Å². The van der Waals surface area contributed by atoms with E-state index in [1.165, 1.54) is 30.0 Å². The number of carbonyl (C=O) groups excluding carboxylic acids is 2. The Hall–Kier alpha value is -3.27. The molecule has 2 bridgehead atoms. The third-order valence-electron chi connectivity index (χ3n) is 8.07. The average molecular weight is 485 g/mol. The summed E-state index contributed by atoms with van der Waals surface area (Å²) >= 11 is 0. The number of nitrogens with one attached hydrogen (secondary N) is 1. The Labute approximate surface area is 199 Å². The molecule has 3 heterocycles. The van der Waals surface area contributed by atoms with Crippen molar-refractivity contribution in [1.29, 1.82) is 0 Å². The molecule has 1 saturated heterocycles. The lowest BCUT2D eigenvalue weighted by Crippen LogP contribution is -2.64. The molecular weight excluding hydrogens is 460 g/mol. The third kappa shape index (κ3) is 3.08. The first-order valence-corrected chi connectivity index (χ1v) is 11.7. The van der Waals surface area contributed by atoms with Gasteiger partial charge >= 0.3 is 0 Å². The first-order chi connectivity index (χ1) is 16.6. The summed E-state index contributed by atoms with van der Waals surface area (Å²) in [4.78, 5) is 41.5. The second kappa shape index (κ2) is 7.36. The van der Waals surface area contributed by atoms with Crippen molar-refractivity contribution in [2.45, 2.75) is 57.6 Å². The van der Waals surface area contributed by atoms with E-state index in [0.717, 1.165) is 12.8 Å². The van der Waals surface area contributed by atoms with Gasteiger partial charge in [0.15, 0.2) is 17.7 Å². The van der Waals surface area contributed by atoms with Crippen molar-refractivity contribution in [2.24, 2.45) is 11.8 Å². The lowest BCUT2D eigenvalue weighted by atomic mass is 9.89. The number of fused-ring (bicyclic) bond motifs is 8. The summed E-state index contributed by atoms with van der Waals surface area (Å²) in [5.41, 5.74) is -1.20. The maximum Gasteiger partial charge on any atom is 0.277 e. The molecule has 0 spiro atoms. The van der Waals surface area contributed by atoms with Crippen LogP contribution in [-0.2, 0) is 17.8 Å². The van der Waals surface area contributed by atoms with Gasteiger partial charge in [-0.25, -0.2) is 8.78 Å². The molecule has 3 fully saturated rings. The summed E-state index contributed by atoms with van der Waals surface area (Å²) < 4.78 is 41.5. The number of nitrogens with zero attached hydrogens (tertiary/aromatic N) is 2. The van der Waals surface area contributed by atoms with E-state index in [-0.39, 0.29) is 46.7 Å². The summed E-state index contributed by atoms with van der Waals surface area (Å²) in [5.74, 6) is -2.15. The number of aromatic nitrogens is 1. The Balaban J connectivity index is 1.34. The molecule has 5 atom stereocenters. The van der Waals surface area contributed by atoms with Crippen molar-refractivity contribution in [3.8, 4) is 5.75 Å². The van der Waals surface area contributed by atoms with E-state index in [2.05, 4.69) is 12.2 Å². The Morgan fingerprint density at radius 2 is 2.00 bits per heavy atom. The fraction of sp³-hybridized carbons (Fsp3) is 0.480. The molecule has 1 aromatic heterocycles. The molecule has 0 radical (unpaired) electrons. The van der Waals surface area contributed by atoms with E-state index >= 15 is 0 Å². The van der Waals surface area contributed by atoms with Gasteiger partial charge in [-0.3, -0.25) is 14.4 Å². The predicted octanol–water partition coefficient (Wildman–Crippen LogP) is 2.35. The molecule has 1 aromatic carbocycles. The van der Waals surface area contributed by atoms with Crippen LogP contribution in [0.4, 0.5) is 8.78 Å². The van der Waals surface area contributed by atoms with Crippen LogP contribution in [0.15, 0.2) is 23.1 Å². The van der Waals surface area contributed by atoms with Crippen molar-refractivity contribution in [3.05, 3.63) is 62.6 Å². The van der Waals surface area contributed by atoms with Gasteiger partial charge in [-0.05, 0) is 56.2 Å². The van der Waals surface area contributed by atoms with Gasteiger partial charge in [-0.2, -0.15) is 0 Å². The number of pyridine rings is 1. The maximum atomic E-state index is 14.2. The van der Waals surface area contributed by atoms with Crippen LogP contribution in [0.25, 0.3) is 0 Å². The van der Waals surface area contributed by atoms with Crippen LogP contribution in [-0.4, -0.2) is 46.3 Å². The molecule has 8 nitrogen and oxygen atoms in total. The number of methoxy groups -OCH3 is 1. The Morgan fingerprint density at radius 3 is 2.69 bits per heavy atom. The minimum absolute atomic E-state index is 0.0771. The second-order valence-corrected chi connectivity index (χ2v) is 10.2. The van der Waals surface area contributed by atoms with Gasteiger partial charge in [0.25, 0.3) is 11.8 Å². The van der Waals surface area contributed by atoms with Crippen LogP contribution in [0.3, 0.4) is 0 Å². The Morgan fingerprint density at radius 1 is 1.29 bits per heavy atom. The lowest BCUT2D eigenvalue weighted by Gasteiger charge is -2.51. The first kappa shape index (κ1) is 22.2. The number of hydrogen-bond donors (Lipinski definition) is 1. The third-order valence-corrected chi connectivity index (χ3v) is 8.07. The molecule has 2 aliphatic carbocycles. The molecule has 6 rings (SSSR count). The molecule has 2 amide bonds. The highest BCUT2D eigenvalue weighted by molar-refractivity contribution is 5.99. The van der Waals surface area contributed by atoms with Crippen LogP contribution >= 0.6 is 0 Å². The van der Waals surface area contributed by atoms with Crippen molar-refractivity contribution >= 4 is 11.8 Å². The molecule has 1 N–H and O–H groups in total. The number of rotatable bonds is 4. The topological polar surface area (TPSA) is 89.9 Å². The smallest absolute Gasteiger partial charge is 0.277 e. The highest BCUT2D eigenvalue weighted by atomic mass is 19.1. The van der Waals surface area contributed by atoms with Crippen molar-refractivity contribution in [2.75, 3.05) is 7.11 Å². The number of benzene rings is 1. The molecule has 2 aromatic rings. The van der Waals surface area contributed by atoms with E-state index in [9.17, 15) is 23.2 Å². The largest absolute Gasteiger partial charge is 0.491 e. The summed E-state index contributed by atoms with van der Waals surface area (Å²) in [5, 5.41) is 2.41. The maximum absolute atomic E-state index is 14.2. The minimum atomic E-state index is -0.823. The average Bonchev–Trinajstić information content (AvgIpc) is 3.56. The number of carbonyl (C=O) groups is 2. The zero-order chi connectivity index (χ0) is 24.8. The number of halogens is 2. The fourth-order valence-electron chi connectivity index (χ4n) is 6.35. The summed E-state index contributed by atoms with van der Waals surface area (Å²) in [6.45, 7) is 3.44. The van der Waals surface area contributed by atoms with Crippen LogP contribution in [0, 0.1) is 30.4 Å². The number of ether oxygens (including phenoxy) is 2. The molecular formula is C25H25F2N3O5. The highest BCUT2D eigenvalue weighted by Gasteiger charge is 2.69. The van der Waals surface area contributed by atoms with Gasteiger partial charge in [-0.15, -0.1) is 0 Å². The number of hydrogen-bond acceptors (Lipinski definition) is 5. The first-order valence-electron chi connectivity index (χ1n) is 11.7. The summed E-state index contributed by atoms with van der Waals surface area (Å²) in [7, 11) is 1.27. The molecule has 184 valence electrons. The Bertz CT molecular complexity index is 1330. The molecule has 35 heavy (non-hydrogen) atoms. The number of amides is 2. The zero-order valence-electron chi connectivity index (χ0n) is 19.6. The second-order valence-electron chi connectivity index (χ2n) is 10.2. The molecule has 2 saturated carbocycles. The molecule has 2 aliphatic heterocycles. The van der Waals surface area contributed by atoms with E-state index in [1.807, 2.05) is 0 Å². The van der Waals surface area contributed by atoms with Gasteiger partial charge in [0.2, 0.25) is 5.43 Å². The molecule has 10 heteroatoms. The molecule has 2 unspecified atom stereocenters. The van der Waals surface area contributed by atoms with Crippen molar-refractivity contribution < 1.29 is 27.8 Å². The quantitative estimate of drug-likeness (QED) is 0.718. The van der Waals surface area contributed by atoms with Gasteiger partial charge in [-0.1, -0.05) is 0 Å². The highest BCUT2D eigenvalue weighted by Crippen LogP contribution is 2.64. The zero-order valence-corrected chi connectivity index (χ0v) is 19.6.